The molecule has 0 aliphatic carbocycles. The maximum absolute atomic E-state index is 12.1. The first-order valence-corrected chi connectivity index (χ1v) is 13.4. The molecule has 0 unspecified atom stereocenters. The highest BCUT2D eigenvalue weighted by atomic mass is 32.2. The van der Waals surface area contributed by atoms with Crippen molar-refractivity contribution in [2.75, 3.05) is 26.0 Å². The number of nitrogens with one attached hydrogen (secondary N) is 1. The lowest BCUT2D eigenvalue weighted by molar-refractivity contribution is -0.143. The van der Waals surface area contributed by atoms with Crippen molar-refractivity contribution in [2.24, 2.45) is 0 Å². The predicted molar refractivity (Wildman–Crippen MR) is 139 cm³/mol. The van der Waals surface area contributed by atoms with Crippen LogP contribution in [0.25, 0.3) is 0 Å². The van der Waals surface area contributed by atoms with E-state index in [0.29, 0.717) is 19.6 Å². The van der Waals surface area contributed by atoms with Crippen LogP contribution < -0.4 is 10.1 Å². The minimum Gasteiger partial charge on any atom is -0.503 e. The molecule has 0 saturated heterocycles. The molecular weight excluding hydrogens is 464 g/mol. The monoisotopic (exact) mass is 502 g/mol. The number of esters is 1. The highest BCUT2D eigenvalue weighted by Gasteiger charge is 2.15. The van der Waals surface area contributed by atoms with Gasteiger partial charge in [-0.1, -0.05) is 56.7 Å². The quantitative estimate of drug-likeness (QED) is 0.152. The summed E-state index contributed by atoms with van der Waals surface area (Å²) in [5.74, 6) is 0.460. The highest BCUT2D eigenvalue weighted by molar-refractivity contribution is 7.99. The summed E-state index contributed by atoms with van der Waals surface area (Å²) < 4.78 is 10.3. The van der Waals surface area contributed by atoms with Gasteiger partial charge >= 0.3 is 5.97 Å². The van der Waals surface area contributed by atoms with E-state index in [9.17, 15) is 14.7 Å². The Balaban J connectivity index is 1.36. The molecule has 7 nitrogen and oxygen atoms in total. The summed E-state index contributed by atoms with van der Waals surface area (Å²) in [4.78, 5) is 29.1. The van der Waals surface area contributed by atoms with E-state index in [4.69, 9.17) is 9.47 Å². The zero-order valence-electron chi connectivity index (χ0n) is 20.7. The second kappa shape index (κ2) is 17.7. The fourth-order valence-electron chi connectivity index (χ4n) is 3.53. The van der Waals surface area contributed by atoms with Crippen molar-refractivity contribution < 1.29 is 24.2 Å². The van der Waals surface area contributed by atoms with Gasteiger partial charge in [0.2, 0.25) is 0 Å². The lowest BCUT2D eigenvalue weighted by Crippen LogP contribution is -2.25. The van der Waals surface area contributed by atoms with E-state index in [0.717, 1.165) is 63.5 Å². The van der Waals surface area contributed by atoms with Crippen LogP contribution >= 0.6 is 11.8 Å². The lowest BCUT2D eigenvalue weighted by atomic mass is 10.1. The summed E-state index contributed by atoms with van der Waals surface area (Å²) in [5.41, 5.74) is -0.0182. The maximum Gasteiger partial charge on any atom is 0.305 e. The van der Waals surface area contributed by atoms with Crippen LogP contribution in [0.4, 0.5) is 0 Å². The SMILES string of the molecule is COc1ccnc(C(=O)NCCCCCCCCCCC(=O)OCCCSc2ccccc2)c1O. The van der Waals surface area contributed by atoms with Gasteiger partial charge in [0.15, 0.2) is 17.2 Å². The van der Waals surface area contributed by atoms with Crippen LogP contribution in [0.1, 0.15) is 74.7 Å². The fourth-order valence-corrected chi connectivity index (χ4v) is 4.38. The van der Waals surface area contributed by atoms with E-state index >= 15 is 0 Å². The van der Waals surface area contributed by atoms with E-state index in [1.54, 1.807) is 11.8 Å². The zero-order valence-corrected chi connectivity index (χ0v) is 21.5. The molecule has 0 aliphatic rings. The molecule has 2 N–H and O–H groups in total. The van der Waals surface area contributed by atoms with Gasteiger partial charge in [-0.25, -0.2) is 4.98 Å². The van der Waals surface area contributed by atoms with Crippen molar-refractivity contribution in [1.82, 2.24) is 10.3 Å². The van der Waals surface area contributed by atoms with Gasteiger partial charge in [-0.15, -0.1) is 11.8 Å². The molecule has 0 bridgehead atoms. The van der Waals surface area contributed by atoms with Crippen molar-refractivity contribution >= 4 is 23.6 Å². The zero-order chi connectivity index (χ0) is 25.1. The molecule has 35 heavy (non-hydrogen) atoms. The topological polar surface area (TPSA) is 97.8 Å². The Kier molecular flexibility index (Phi) is 14.4. The molecule has 0 atom stereocenters. The number of rotatable bonds is 18. The molecule has 0 aliphatic heterocycles. The Bertz CT molecular complexity index is 879. The summed E-state index contributed by atoms with van der Waals surface area (Å²) in [7, 11) is 1.43. The van der Waals surface area contributed by atoms with Crippen LogP contribution in [0.2, 0.25) is 0 Å². The molecule has 2 rings (SSSR count). The molecule has 1 aromatic heterocycles. The molecule has 2 aromatic rings. The predicted octanol–water partition coefficient (Wildman–Crippen LogP) is 5.76. The lowest BCUT2D eigenvalue weighted by Gasteiger charge is -2.08. The average molecular weight is 503 g/mol. The Morgan fingerprint density at radius 1 is 0.943 bits per heavy atom. The van der Waals surface area contributed by atoms with Crippen LogP contribution in [0.3, 0.4) is 0 Å². The molecule has 192 valence electrons. The van der Waals surface area contributed by atoms with Gasteiger partial charge in [0.05, 0.1) is 13.7 Å². The smallest absolute Gasteiger partial charge is 0.305 e. The molecule has 1 aromatic carbocycles. The minimum atomic E-state index is -0.397. The third kappa shape index (κ3) is 12.0. The first-order chi connectivity index (χ1) is 17.1. The molecule has 0 saturated carbocycles. The maximum atomic E-state index is 12.1. The number of hydrogen-bond donors (Lipinski definition) is 2. The Hall–Kier alpha value is -2.74. The largest absolute Gasteiger partial charge is 0.503 e. The molecule has 1 amide bonds. The molecule has 8 heteroatoms. The summed E-state index contributed by atoms with van der Waals surface area (Å²) in [6.45, 7) is 1.04. The van der Waals surface area contributed by atoms with E-state index < -0.39 is 5.91 Å². The summed E-state index contributed by atoms with van der Waals surface area (Å²) in [6.07, 6.45) is 11.2. The standard InChI is InChI=1S/C27H38N2O5S/c1-33-23-17-19-28-25(26(23)31)27(32)29-18-12-7-5-3-2-4-6-11-16-24(30)34-20-13-21-35-22-14-9-8-10-15-22/h8-10,14-15,17,19,31H,2-7,11-13,16,18,20-21H2,1H3,(H,29,32). The number of pyridine rings is 1. The number of carbonyl (C=O) groups is 2. The van der Waals surface area contributed by atoms with Crippen LogP contribution in [-0.2, 0) is 9.53 Å². The van der Waals surface area contributed by atoms with Gasteiger partial charge < -0.3 is 19.9 Å². The Morgan fingerprint density at radius 3 is 2.34 bits per heavy atom. The van der Waals surface area contributed by atoms with E-state index in [1.807, 2.05) is 18.2 Å². The normalized spacial score (nSPS) is 10.7. The average Bonchev–Trinajstić information content (AvgIpc) is 2.87. The van der Waals surface area contributed by atoms with Gasteiger partial charge in [0.1, 0.15) is 0 Å². The third-order valence-corrected chi connectivity index (χ3v) is 6.58. The third-order valence-electron chi connectivity index (χ3n) is 5.48. The number of methoxy groups -OCH3 is 1. The summed E-state index contributed by atoms with van der Waals surface area (Å²) >= 11 is 1.78. The van der Waals surface area contributed by atoms with E-state index in [1.165, 1.54) is 24.3 Å². The second-order valence-corrected chi connectivity index (χ2v) is 9.45. The number of hydrogen-bond acceptors (Lipinski definition) is 7. The Labute approximate surface area is 213 Å². The van der Waals surface area contributed by atoms with Crippen LogP contribution in [0.5, 0.6) is 11.5 Å². The molecule has 0 fully saturated rings. The first-order valence-electron chi connectivity index (χ1n) is 12.5. The number of aromatic hydroxyl groups is 1. The van der Waals surface area contributed by atoms with Crippen LogP contribution in [0.15, 0.2) is 47.5 Å². The number of amides is 1. The van der Waals surface area contributed by atoms with E-state index in [2.05, 4.69) is 22.4 Å². The number of benzene rings is 1. The number of thioether (sulfide) groups is 1. The molecular formula is C27H38N2O5S. The van der Waals surface area contributed by atoms with E-state index in [-0.39, 0.29) is 23.2 Å². The molecule has 0 spiro atoms. The molecule has 0 radical (unpaired) electrons. The number of aromatic nitrogens is 1. The van der Waals surface area contributed by atoms with Crippen molar-refractivity contribution in [1.29, 1.82) is 0 Å². The molecule has 1 heterocycles. The van der Waals surface area contributed by atoms with Gasteiger partial charge in [-0.2, -0.15) is 0 Å². The van der Waals surface area contributed by atoms with Gasteiger partial charge in [0.25, 0.3) is 5.91 Å². The summed E-state index contributed by atoms with van der Waals surface area (Å²) in [5, 5.41) is 12.8. The van der Waals surface area contributed by atoms with Crippen molar-refractivity contribution in [2.45, 2.75) is 69.1 Å². The highest BCUT2D eigenvalue weighted by Crippen LogP contribution is 2.27. The summed E-state index contributed by atoms with van der Waals surface area (Å²) in [6, 6.07) is 11.8. The van der Waals surface area contributed by atoms with Crippen molar-refractivity contribution in [3.05, 3.63) is 48.3 Å². The number of unbranched alkanes of at least 4 members (excludes halogenated alkanes) is 7. The second-order valence-electron chi connectivity index (χ2n) is 8.28. The number of nitrogens with zero attached hydrogens (tertiary/aromatic N) is 1. The number of carbonyl (C=O) groups excluding carboxylic acids is 2. The van der Waals surface area contributed by atoms with Crippen molar-refractivity contribution in [3.8, 4) is 11.5 Å². The fraction of sp³-hybridized carbons (Fsp3) is 0.519. The van der Waals surface area contributed by atoms with Crippen molar-refractivity contribution in [3.63, 3.8) is 0 Å². The Morgan fingerprint density at radius 2 is 1.63 bits per heavy atom. The van der Waals surface area contributed by atoms with Crippen LogP contribution in [-0.4, -0.2) is 48.0 Å². The van der Waals surface area contributed by atoms with Gasteiger partial charge in [0, 0.05) is 35.9 Å². The minimum absolute atomic E-state index is 0.0182. The van der Waals surface area contributed by atoms with Gasteiger partial charge in [-0.05, 0) is 31.4 Å². The first kappa shape index (κ1) is 28.5. The number of ether oxygens (including phenoxy) is 2. The van der Waals surface area contributed by atoms with Crippen LogP contribution in [0, 0.1) is 0 Å². The van der Waals surface area contributed by atoms with Gasteiger partial charge in [-0.3, -0.25) is 9.59 Å².